The molecule has 6 heteroatoms. The molecule has 2 aromatic heterocycles. The number of amides is 1. The van der Waals surface area contributed by atoms with Gasteiger partial charge in [0.2, 0.25) is 0 Å². The Morgan fingerprint density at radius 1 is 1.30 bits per heavy atom. The fourth-order valence-electron chi connectivity index (χ4n) is 3.25. The lowest BCUT2D eigenvalue weighted by molar-refractivity contribution is 0.0248. The third-order valence-electron chi connectivity index (χ3n) is 4.83. The Bertz CT molecular complexity index is 712. The number of hydrogen-bond donors (Lipinski definition) is 1. The molecular weight excluding hydrogens is 292 g/mol. The number of aryl methyl sites for hydroxylation is 3. The Morgan fingerprint density at radius 3 is 2.57 bits per heavy atom. The zero-order chi connectivity index (χ0) is 16.7. The summed E-state index contributed by atoms with van der Waals surface area (Å²) in [6, 6.07) is 4.06. The van der Waals surface area contributed by atoms with Crippen molar-refractivity contribution in [3.63, 3.8) is 0 Å². The van der Waals surface area contributed by atoms with Gasteiger partial charge in [0.25, 0.3) is 5.91 Å². The molecule has 0 aromatic carbocycles. The summed E-state index contributed by atoms with van der Waals surface area (Å²) >= 11 is 0. The van der Waals surface area contributed by atoms with E-state index < -0.39 is 6.10 Å². The first-order chi connectivity index (χ1) is 10.9. The molecule has 1 saturated heterocycles. The molecule has 1 amide bonds. The lowest BCUT2D eigenvalue weighted by Crippen LogP contribution is -2.46. The largest absolute Gasteiger partial charge is 0.391 e. The molecule has 2 aromatic rings. The molecule has 3 heterocycles. The highest BCUT2D eigenvalue weighted by Gasteiger charge is 2.30. The van der Waals surface area contributed by atoms with Gasteiger partial charge in [-0.1, -0.05) is 6.92 Å². The lowest BCUT2D eigenvalue weighted by atomic mass is 9.96. The first kappa shape index (κ1) is 15.8. The fourth-order valence-corrected chi connectivity index (χ4v) is 3.25. The summed E-state index contributed by atoms with van der Waals surface area (Å²) < 4.78 is 3.78. The second-order valence-corrected chi connectivity index (χ2v) is 6.54. The summed E-state index contributed by atoms with van der Waals surface area (Å²) in [5.74, 6) is 0.955. The maximum atomic E-state index is 13.0. The number of carbonyl (C=O) groups is 1. The van der Waals surface area contributed by atoms with Crippen molar-refractivity contribution in [3.05, 3.63) is 35.3 Å². The molecule has 0 radical (unpaired) electrons. The van der Waals surface area contributed by atoms with Crippen LogP contribution in [0.1, 0.15) is 35.1 Å². The van der Waals surface area contributed by atoms with Gasteiger partial charge < -0.3 is 14.6 Å². The molecule has 1 fully saturated rings. The molecule has 0 aliphatic carbocycles. The normalized spacial score (nSPS) is 21.7. The minimum absolute atomic E-state index is 0.0634. The molecule has 1 aliphatic rings. The van der Waals surface area contributed by atoms with Crippen LogP contribution in [0.25, 0.3) is 5.82 Å². The van der Waals surface area contributed by atoms with Gasteiger partial charge >= 0.3 is 0 Å². The molecule has 2 atom stereocenters. The van der Waals surface area contributed by atoms with E-state index in [1.165, 1.54) is 0 Å². The van der Waals surface area contributed by atoms with E-state index in [4.69, 9.17) is 0 Å². The van der Waals surface area contributed by atoms with Crippen LogP contribution in [-0.2, 0) is 7.05 Å². The van der Waals surface area contributed by atoms with Crippen LogP contribution in [0.4, 0.5) is 0 Å². The van der Waals surface area contributed by atoms with Crippen molar-refractivity contribution in [1.29, 1.82) is 0 Å². The van der Waals surface area contributed by atoms with Gasteiger partial charge in [0.05, 0.1) is 12.3 Å². The number of aliphatic hydroxyl groups excluding tert-OH is 1. The predicted molar refractivity (Wildman–Crippen MR) is 87.7 cm³/mol. The molecule has 1 aliphatic heterocycles. The number of rotatable bonds is 2. The molecule has 0 spiro atoms. The predicted octanol–water partition coefficient (Wildman–Crippen LogP) is 1.67. The number of piperidine rings is 1. The van der Waals surface area contributed by atoms with E-state index >= 15 is 0 Å². The molecule has 6 nitrogen and oxygen atoms in total. The van der Waals surface area contributed by atoms with E-state index in [1.54, 1.807) is 15.8 Å². The third-order valence-corrected chi connectivity index (χ3v) is 4.83. The monoisotopic (exact) mass is 316 g/mol. The van der Waals surface area contributed by atoms with Gasteiger partial charge in [-0.15, -0.1) is 0 Å². The van der Waals surface area contributed by atoms with Gasteiger partial charge in [-0.3, -0.25) is 9.48 Å². The van der Waals surface area contributed by atoms with Crippen molar-refractivity contribution in [2.75, 3.05) is 13.1 Å². The number of likely N-dealkylation sites (tertiary alicyclic amines) is 1. The number of aliphatic hydroxyl groups is 1. The fraction of sp³-hybridized carbons (Fsp3) is 0.529. The molecule has 0 bridgehead atoms. The van der Waals surface area contributed by atoms with E-state index in [-0.39, 0.29) is 11.8 Å². The highest BCUT2D eigenvalue weighted by Crippen LogP contribution is 2.24. The summed E-state index contributed by atoms with van der Waals surface area (Å²) in [4.78, 5) is 14.7. The zero-order valence-corrected chi connectivity index (χ0v) is 14.2. The van der Waals surface area contributed by atoms with Crippen LogP contribution in [0, 0.1) is 19.8 Å². The number of nitrogens with zero attached hydrogens (tertiary/aromatic N) is 4. The minimum Gasteiger partial charge on any atom is -0.391 e. The van der Waals surface area contributed by atoms with Gasteiger partial charge in [0, 0.05) is 31.5 Å². The Labute approximate surface area is 136 Å². The van der Waals surface area contributed by atoms with Crippen LogP contribution < -0.4 is 0 Å². The van der Waals surface area contributed by atoms with Crippen LogP contribution in [0.5, 0.6) is 0 Å². The van der Waals surface area contributed by atoms with Crippen molar-refractivity contribution in [3.8, 4) is 5.82 Å². The summed E-state index contributed by atoms with van der Waals surface area (Å²) in [7, 11) is 1.85. The van der Waals surface area contributed by atoms with Crippen LogP contribution in [0.15, 0.2) is 18.3 Å². The number of carbonyl (C=O) groups excluding carboxylic acids is 1. The molecular formula is C17H24N4O2. The number of β-amino-alcohol motifs (C(OH)–C–C–N with tert-alkyl or cyclic N) is 1. The van der Waals surface area contributed by atoms with Gasteiger partial charge in [0.1, 0.15) is 11.4 Å². The summed E-state index contributed by atoms with van der Waals surface area (Å²) in [5.41, 5.74) is 2.71. The van der Waals surface area contributed by atoms with E-state index in [9.17, 15) is 9.90 Å². The second kappa shape index (κ2) is 5.85. The van der Waals surface area contributed by atoms with Gasteiger partial charge in [0.15, 0.2) is 0 Å². The Balaban J connectivity index is 1.97. The van der Waals surface area contributed by atoms with E-state index in [0.29, 0.717) is 18.7 Å². The Hall–Kier alpha value is -2.08. The van der Waals surface area contributed by atoms with Gasteiger partial charge in [-0.25, -0.2) is 0 Å². The van der Waals surface area contributed by atoms with Gasteiger partial charge in [-0.2, -0.15) is 5.10 Å². The molecule has 3 rings (SSSR count). The number of aromatic nitrogens is 3. The summed E-state index contributed by atoms with van der Waals surface area (Å²) in [6.07, 6.45) is 1.99. The molecule has 124 valence electrons. The molecule has 1 N–H and O–H groups in total. The molecule has 23 heavy (non-hydrogen) atoms. The average molecular weight is 316 g/mol. The Morgan fingerprint density at radius 2 is 1.96 bits per heavy atom. The van der Waals surface area contributed by atoms with E-state index in [1.807, 2.05) is 44.5 Å². The highest BCUT2D eigenvalue weighted by molar-refractivity contribution is 5.97. The first-order valence-electron chi connectivity index (χ1n) is 8.04. The third kappa shape index (κ3) is 2.67. The smallest absolute Gasteiger partial charge is 0.259 e. The molecule has 0 saturated carbocycles. The lowest BCUT2D eigenvalue weighted by Gasteiger charge is -2.34. The van der Waals surface area contributed by atoms with Crippen LogP contribution >= 0.6 is 0 Å². The van der Waals surface area contributed by atoms with E-state index in [2.05, 4.69) is 5.10 Å². The summed E-state index contributed by atoms with van der Waals surface area (Å²) in [6.45, 7) is 7.11. The highest BCUT2D eigenvalue weighted by atomic mass is 16.3. The van der Waals surface area contributed by atoms with Crippen molar-refractivity contribution in [2.24, 2.45) is 13.0 Å². The first-order valence-corrected chi connectivity index (χ1v) is 8.04. The maximum Gasteiger partial charge on any atom is 0.259 e. The SMILES string of the molecule is Cc1ccc(C)n1-c1c(C(=O)N2CCC(C)C(O)C2)cnn1C. The van der Waals surface area contributed by atoms with E-state index in [0.717, 1.165) is 23.6 Å². The maximum absolute atomic E-state index is 13.0. The van der Waals surface area contributed by atoms with Crippen molar-refractivity contribution < 1.29 is 9.90 Å². The quantitative estimate of drug-likeness (QED) is 0.917. The van der Waals surface area contributed by atoms with Crippen molar-refractivity contribution >= 4 is 5.91 Å². The van der Waals surface area contributed by atoms with Crippen LogP contribution in [-0.4, -0.2) is 49.5 Å². The zero-order valence-electron chi connectivity index (χ0n) is 14.2. The van der Waals surface area contributed by atoms with Crippen LogP contribution in [0.2, 0.25) is 0 Å². The van der Waals surface area contributed by atoms with Crippen LogP contribution in [0.3, 0.4) is 0 Å². The molecule has 2 unspecified atom stereocenters. The minimum atomic E-state index is -0.456. The average Bonchev–Trinajstić information content (AvgIpc) is 3.04. The van der Waals surface area contributed by atoms with Crippen molar-refractivity contribution in [2.45, 2.75) is 33.3 Å². The second-order valence-electron chi connectivity index (χ2n) is 6.54. The number of hydrogen-bond acceptors (Lipinski definition) is 3. The van der Waals surface area contributed by atoms with Crippen molar-refractivity contribution in [1.82, 2.24) is 19.2 Å². The topological polar surface area (TPSA) is 63.3 Å². The van der Waals surface area contributed by atoms with Gasteiger partial charge in [-0.05, 0) is 38.3 Å². The Kier molecular flexibility index (Phi) is 4.02. The summed E-state index contributed by atoms with van der Waals surface area (Å²) in [5, 5.41) is 14.4. The standard InChI is InChI=1S/C17H24N4O2/c1-11-7-8-20(10-15(11)22)17(23)14-9-18-19(4)16(14)21-12(2)5-6-13(21)3/h5-6,9,11,15,22H,7-8,10H2,1-4H3.